The Morgan fingerprint density at radius 2 is 2.00 bits per heavy atom. The Kier molecular flexibility index (Phi) is 3.49. The molecule has 1 aromatic rings. The number of aromatic nitrogens is 1. The minimum Gasteiger partial charge on any atom is -0.405 e. The van der Waals surface area contributed by atoms with Crippen molar-refractivity contribution in [3.8, 4) is 5.75 Å². The molecule has 94 valence electrons. The van der Waals surface area contributed by atoms with E-state index in [1.165, 1.54) is 0 Å². The molecule has 17 heavy (non-hydrogen) atoms. The van der Waals surface area contributed by atoms with Crippen LogP contribution in [0.5, 0.6) is 5.75 Å². The third-order valence-corrected chi connectivity index (χ3v) is 1.64. The predicted octanol–water partition coefficient (Wildman–Crippen LogP) is 2.31. The van der Waals surface area contributed by atoms with Crippen molar-refractivity contribution >= 4 is 12.1 Å². The smallest absolute Gasteiger partial charge is 0.405 e. The van der Waals surface area contributed by atoms with Gasteiger partial charge in [-0.25, -0.2) is 13.8 Å². The third-order valence-electron chi connectivity index (χ3n) is 1.64. The summed E-state index contributed by atoms with van der Waals surface area (Å²) in [4.78, 5) is 13.5. The van der Waals surface area contributed by atoms with E-state index < -0.39 is 35.6 Å². The van der Waals surface area contributed by atoms with Gasteiger partial charge in [0, 0.05) is 6.07 Å². The van der Waals surface area contributed by atoms with Crippen LogP contribution in [-0.2, 0) is 0 Å². The molecule has 0 atom stereocenters. The number of halogens is 5. The number of alkyl halides is 5. The minimum absolute atomic E-state index is 0.0569. The highest BCUT2D eigenvalue weighted by atomic mass is 19.4. The molecule has 0 fully saturated rings. The molecule has 0 unspecified atom stereocenters. The first-order chi connectivity index (χ1) is 7.74. The van der Waals surface area contributed by atoms with E-state index in [1.54, 1.807) is 0 Å². The molecule has 9 heteroatoms. The summed E-state index contributed by atoms with van der Waals surface area (Å²) < 4.78 is 63.7. The molecule has 0 bridgehead atoms. The number of ether oxygens (including phenoxy) is 1. The van der Waals surface area contributed by atoms with Crippen LogP contribution in [0, 0.1) is 0 Å². The van der Waals surface area contributed by atoms with Crippen molar-refractivity contribution in [3.63, 3.8) is 0 Å². The largest absolute Gasteiger partial charge is 0.573 e. The number of rotatable bonds is 3. The standard InChI is InChI=1S/C8H5F5N2O2/c9-6(10)4-1-5(17-8(11,12)13)3(2-16)7(14)15-4/h1-2,6H,(H2,14,15). The maximum absolute atomic E-state index is 12.3. The van der Waals surface area contributed by atoms with Gasteiger partial charge in [-0.1, -0.05) is 0 Å². The fourth-order valence-corrected chi connectivity index (χ4v) is 1.01. The first-order valence-corrected chi connectivity index (χ1v) is 4.04. The molecule has 2 N–H and O–H groups in total. The molecule has 4 nitrogen and oxygen atoms in total. The van der Waals surface area contributed by atoms with Crippen LogP contribution in [0.15, 0.2) is 6.07 Å². The molecule has 0 spiro atoms. The predicted molar refractivity (Wildman–Crippen MR) is 45.7 cm³/mol. The van der Waals surface area contributed by atoms with Gasteiger partial charge in [-0.3, -0.25) is 4.79 Å². The summed E-state index contributed by atoms with van der Waals surface area (Å²) >= 11 is 0. The average Bonchev–Trinajstić information content (AvgIpc) is 2.14. The molecule has 0 aliphatic rings. The van der Waals surface area contributed by atoms with Crippen molar-refractivity contribution in [2.75, 3.05) is 5.73 Å². The van der Waals surface area contributed by atoms with Crippen molar-refractivity contribution in [1.29, 1.82) is 0 Å². The molecule has 1 heterocycles. The van der Waals surface area contributed by atoms with E-state index in [4.69, 9.17) is 5.73 Å². The van der Waals surface area contributed by atoms with Gasteiger partial charge < -0.3 is 10.5 Å². The second kappa shape index (κ2) is 4.52. The van der Waals surface area contributed by atoms with E-state index in [0.717, 1.165) is 0 Å². The van der Waals surface area contributed by atoms with Crippen LogP contribution in [-0.4, -0.2) is 17.6 Å². The van der Waals surface area contributed by atoms with E-state index in [9.17, 15) is 26.7 Å². The molecule has 0 saturated carbocycles. The van der Waals surface area contributed by atoms with Crippen LogP contribution in [0.4, 0.5) is 27.8 Å². The van der Waals surface area contributed by atoms with Gasteiger partial charge in [0.1, 0.15) is 17.3 Å². The summed E-state index contributed by atoms with van der Waals surface area (Å²) in [5.41, 5.74) is 3.33. The van der Waals surface area contributed by atoms with Gasteiger partial charge in [0.25, 0.3) is 6.43 Å². The van der Waals surface area contributed by atoms with Gasteiger partial charge in [-0.05, 0) is 0 Å². The average molecular weight is 256 g/mol. The van der Waals surface area contributed by atoms with Crippen LogP contribution in [0.2, 0.25) is 0 Å². The van der Waals surface area contributed by atoms with Gasteiger partial charge >= 0.3 is 6.36 Å². The monoisotopic (exact) mass is 256 g/mol. The first kappa shape index (κ1) is 13.1. The molecule has 0 aromatic carbocycles. The molecule has 0 aliphatic carbocycles. The lowest BCUT2D eigenvalue weighted by Crippen LogP contribution is -2.19. The summed E-state index contributed by atoms with van der Waals surface area (Å²) in [7, 11) is 0. The highest BCUT2D eigenvalue weighted by Crippen LogP contribution is 2.31. The van der Waals surface area contributed by atoms with Crippen molar-refractivity contribution in [1.82, 2.24) is 4.98 Å². The second-order valence-electron chi connectivity index (χ2n) is 2.81. The number of hydrogen-bond acceptors (Lipinski definition) is 4. The van der Waals surface area contributed by atoms with Gasteiger partial charge in [0.2, 0.25) is 0 Å². The Bertz CT molecular complexity index is 433. The van der Waals surface area contributed by atoms with E-state index >= 15 is 0 Å². The summed E-state index contributed by atoms with van der Waals surface area (Å²) in [6.45, 7) is 0. The summed E-state index contributed by atoms with van der Waals surface area (Å²) in [5.74, 6) is -1.85. The van der Waals surface area contributed by atoms with Gasteiger partial charge in [-0.15, -0.1) is 13.2 Å². The van der Waals surface area contributed by atoms with Crippen LogP contribution < -0.4 is 10.5 Å². The highest BCUT2D eigenvalue weighted by Gasteiger charge is 2.33. The minimum atomic E-state index is -5.12. The van der Waals surface area contributed by atoms with E-state index in [0.29, 0.717) is 6.07 Å². The molecule has 0 amide bonds. The van der Waals surface area contributed by atoms with Gasteiger partial charge in [0.05, 0.1) is 5.56 Å². The van der Waals surface area contributed by atoms with E-state index in [1.807, 2.05) is 0 Å². The summed E-state index contributed by atoms with van der Waals surface area (Å²) in [6, 6.07) is 0.318. The zero-order valence-corrected chi connectivity index (χ0v) is 7.96. The molecule has 1 rings (SSSR count). The maximum Gasteiger partial charge on any atom is 0.573 e. The highest BCUT2D eigenvalue weighted by molar-refractivity contribution is 5.85. The van der Waals surface area contributed by atoms with E-state index in [-0.39, 0.29) is 6.29 Å². The number of aldehydes is 1. The van der Waals surface area contributed by atoms with Crippen LogP contribution in [0.25, 0.3) is 0 Å². The number of pyridine rings is 1. The zero-order chi connectivity index (χ0) is 13.2. The lowest BCUT2D eigenvalue weighted by atomic mass is 10.2. The van der Waals surface area contributed by atoms with Crippen molar-refractivity contribution in [2.24, 2.45) is 0 Å². The van der Waals surface area contributed by atoms with Crippen LogP contribution in [0.3, 0.4) is 0 Å². The molecule has 0 saturated heterocycles. The fourth-order valence-electron chi connectivity index (χ4n) is 1.01. The molecular formula is C8H5F5N2O2. The number of carbonyl (C=O) groups is 1. The fraction of sp³-hybridized carbons (Fsp3) is 0.250. The Hall–Kier alpha value is -1.93. The van der Waals surface area contributed by atoms with Crippen LogP contribution >= 0.6 is 0 Å². The summed E-state index contributed by atoms with van der Waals surface area (Å²) in [6.07, 6.45) is -8.31. The Labute approximate surface area is 91.2 Å². The first-order valence-electron chi connectivity index (χ1n) is 4.04. The number of anilines is 1. The lowest BCUT2D eigenvalue weighted by Gasteiger charge is -2.13. The summed E-state index contributed by atoms with van der Waals surface area (Å²) in [5, 5.41) is 0. The second-order valence-corrected chi connectivity index (χ2v) is 2.81. The molecule has 0 aliphatic heterocycles. The zero-order valence-electron chi connectivity index (χ0n) is 7.96. The van der Waals surface area contributed by atoms with Crippen molar-refractivity contribution in [3.05, 3.63) is 17.3 Å². The SMILES string of the molecule is Nc1nc(C(F)F)cc(OC(F)(F)F)c1C=O. The Balaban J connectivity index is 3.29. The number of hydrogen-bond donors (Lipinski definition) is 1. The quantitative estimate of drug-likeness (QED) is 0.665. The van der Waals surface area contributed by atoms with Gasteiger partial charge in [0.15, 0.2) is 6.29 Å². The van der Waals surface area contributed by atoms with Crippen molar-refractivity contribution < 1.29 is 31.5 Å². The topological polar surface area (TPSA) is 65.2 Å². The Morgan fingerprint density at radius 3 is 2.41 bits per heavy atom. The third kappa shape index (κ3) is 3.26. The van der Waals surface area contributed by atoms with Crippen LogP contribution in [0.1, 0.15) is 22.5 Å². The van der Waals surface area contributed by atoms with Gasteiger partial charge in [-0.2, -0.15) is 0 Å². The number of nitrogens with zero attached hydrogens (tertiary/aromatic N) is 1. The number of nitrogen functional groups attached to an aromatic ring is 1. The lowest BCUT2D eigenvalue weighted by molar-refractivity contribution is -0.274. The molecule has 1 aromatic heterocycles. The maximum atomic E-state index is 12.3. The normalized spacial score (nSPS) is 11.6. The van der Waals surface area contributed by atoms with Crippen molar-refractivity contribution in [2.45, 2.75) is 12.8 Å². The number of carbonyl (C=O) groups excluding carboxylic acids is 1. The Morgan fingerprint density at radius 1 is 1.41 bits per heavy atom. The van der Waals surface area contributed by atoms with E-state index in [2.05, 4.69) is 9.72 Å². The molecular weight excluding hydrogens is 251 g/mol. The molecule has 0 radical (unpaired) electrons. The number of nitrogens with two attached hydrogens (primary N) is 1.